The van der Waals surface area contributed by atoms with Gasteiger partial charge in [-0.15, -0.1) is 11.3 Å². The van der Waals surface area contributed by atoms with Crippen molar-refractivity contribution in [1.29, 1.82) is 0 Å². The number of thioether (sulfide) groups is 1. The molecule has 0 N–H and O–H groups in total. The second-order valence-electron chi connectivity index (χ2n) is 3.90. The van der Waals surface area contributed by atoms with Crippen LogP contribution in [0.3, 0.4) is 0 Å². The van der Waals surface area contributed by atoms with Crippen LogP contribution < -0.4 is 0 Å². The second kappa shape index (κ2) is 5.57. The van der Waals surface area contributed by atoms with E-state index in [4.69, 9.17) is 0 Å². The van der Waals surface area contributed by atoms with Crippen molar-refractivity contribution in [3.8, 4) is 0 Å². The van der Waals surface area contributed by atoms with E-state index in [1.807, 2.05) is 11.3 Å². The highest BCUT2D eigenvalue weighted by Gasteiger charge is 2.14. The molecule has 1 aromatic heterocycles. The molecule has 1 aliphatic carbocycles. The van der Waals surface area contributed by atoms with E-state index in [1.54, 1.807) is 0 Å². The predicted octanol–water partition coefficient (Wildman–Crippen LogP) is 4.93. The molecule has 0 bridgehead atoms. The number of halogens is 1. The Morgan fingerprint density at radius 2 is 2.21 bits per heavy atom. The van der Waals surface area contributed by atoms with E-state index in [-0.39, 0.29) is 0 Å². The van der Waals surface area contributed by atoms with Gasteiger partial charge in [-0.3, -0.25) is 0 Å². The largest absolute Gasteiger partial charge is 0.156 e. The van der Waals surface area contributed by atoms with E-state index in [0.29, 0.717) is 0 Å². The van der Waals surface area contributed by atoms with Gasteiger partial charge in [0.05, 0.1) is 0 Å². The molecule has 0 aromatic carbocycles. The molecule has 0 radical (unpaired) electrons. The predicted molar refractivity (Wildman–Crippen MR) is 70.1 cm³/mol. The van der Waals surface area contributed by atoms with Crippen molar-refractivity contribution >= 4 is 39.0 Å². The molecule has 1 saturated carbocycles. The minimum atomic E-state index is 1.02. The SMILES string of the molecule is Brc1csc(CSCC2CCCC2)c1. The Labute approximate surface area is 103 Å². The van der Waals surface area contributed by atoms with Crippen LogP contribution in [0.4, 0.5) is 0 Å². The van der Waals surface area contributed by atoms with Crippen LogP contribution in [0.2, 0.25) is 0 Å². The van der Waals surface area contributed by atoms with Gasteiger partial charge in [-0.2, -0.15) is 11.8 Å². The van der Waals surface area contributed by atoms with Crippen molar-refractivity contribution in [2.75, 3.05) is 5.75 Å². The van der Waals surface area contributed by atoms with Crippen LogP contribution in [0, 0.1) is 5.92 Å². The molecule has 14 heavy (non-hydrogen) atoms. The van der Waals surface area contributed by atoms with Crippen molar-refractivity contribution in [2.45, 2.75) is 31.4 Å². The molecular formula is C11H15BrS2. The third kappa shape index (κ3) is 3.28. The molecule has 1 aromatic rings. The molecule has 1 heterocycles. The average molecular weight is 291 g/mol. The summed E-state index contributed by atoms with van der Waals surface area (Å²) in [5.74, 6) is 3.59. The maximum Gasteiger partial charge on any atom is 0.0285 e. The van der Waals surface area contributed by atoms with Crippen molar-refractivity contribution < 1.29 is 0 Å². The van der Waals surface area contributed by atoms with Crippen LogP contribution in [-0.2, 0) is 5.75 Å². The zero-order valence-corrected chi connectivity index (χ0v) is 11.4. The van der Waals surface area contributed by atoms with Gasteiger partial charge in [-0.05, 0) is 46.5 Å². The summed E-state index contributed by atoms with van der Waals surface area (Å²) in [6.45, 7) is 0. The van der Waals surface area contributed by atoms with Crippen molar-refractivity contribution in [1.82, 2.24) is 0 Å². The minimum Gasteiger partial charge on any atom is -0.156 e. The van der Waals surface area contributed by atoms with E-state index in [0.717, 1.165) is 5.92 Å². The van der Waals surface area contributed by atoms with Crippen molar-refractivity contribution in [3.05, 3.63) is 20.8 Å². The monoisotopic (exact) mass is 290 g/mol. The third-order valence-electron chi connectivity index (χ3n) is 2.69. The quantitative estimate of drug-likeness (QED) is 0.757. The summed E-state index contributed by atoms with van der Waals surface area (Å²) in [5, 5.41) is 2.17. The van der Waals surface area contributed by atoms with Gasteiger partial charge < -0.3 is 0 Å². The van der Waals surface area contributed by atoms with Crippen LogP contribution in [0.25, 0.3) is 0 Å². The molecule has 1 aliphatic rings. The van der Waals surface area contributed by atoms with Crippen molar-refractivity contribution in [2.24, 2.45) is 5.92 Å². The van der Waals surface area contributed by atoms with Gasteiger partial charge >= 0.3 is 0 Å². The fourth-order valence-corrected chi connectivity index (χ4v) is 4.76. The number of rotatable bonds is 4. The normalized spacial score (nSPS) is 17.8. The van der Waals surface area contributed by atoms with Crippen LogP contribution in [0.15, 0.2) is 15.9 Å². The molecule has 1 fully saturated rings. The molecular weight excluding hydrogens is 276 g/mol. The molecule has 0 nitrogen and oxygen atoms in total. The molecule has 0 unspecified atom stereocenters. The summed E-state index contributed by atoms with van der Waals surface area (Å²) in [6, 6.07) is 2.24. The smallest absolute Gasteiger partial charge is 0.0285 e. The summed E-state index contributed by atoms with van der Waals surface area (Å²) in [4.78, 5) is 1.50. The highest BCUT2D eigenvalue weighted by atomic mass is 79.9. The Bertz CT molecular complexity index is 277. The summed E-state index contributed by atoms with van der Waals surface area (Å²) in [6.07, 6.45) is 5.88. The number of thiophene rings is 1. The van der Waals surface area contributed by atoms with Crippen LogP contribution >= 0.6 is 39.0 Å². The minimum absolute atomic E-state index is 1.02. The molecule has 0 aliphatic heterocycles. The molecule has 2 rings (SSSR count). The average Bonchev–Trinajstić information content (AvgIpc) is 2.77. The first-order valence-corrected chi connectivity index (χ1v) is 7.98. The number of hydrogen-bond acceptors (Lipinski definition) is 2. The second-order valence-corrected chi connectivity index (χ2v) is 6.84. The topological polar surface area (TPSA) is 0 Å². The molecule has 0 spiro atoms. The Kier molecular flexibility index (Phi) is 4.39. The van der Waals surface area contributed by atoms with Gasteiger partial charge in [0.1, 0.15) is 0 Å². The van der Waals surface area contributed by atoms with Gasteiger partial charge in [-0.25, -0.2) is 0 Å². The summed E-state index contributed by atoms with van der Waals surface area (Å²) in [5.41, 5.74) is 0. The van der Waals surface area contributed by atoms with E-state index >= 15 is 0 Å². The lowest BCUT2D eigenvalue weighted by Gasteiger charge is -2.06. The van der Waals surface area contributed by atoms with Gasteiger partial charge in [0.15, 0.2) is 0 Å². The maximum absolute atomic E-state index is 3.49. The fourth-order valence-electron chi connectivity index (χ4n) is 1.93. The molecule has 3 heteroatoms. The Morgan fingerprint density at radius 1 is 1.43 bits per heavy atom. The highest BCUT2D eigenvalue weighted by Crippen LogP contribution is 2.30. The summed E-state index contributed by atoms with van der Waals surface area (Å²) < 4.78 is 1.24. The zero-order chi connectivity index (χ0) is 9.80. The van der Waals surface area contributed by atoms with Crippen molar-refractivity contribution in [3.63, 3.8) is 0 Å². The molecule has 0 amide bonds. The van der Waals surface area contributed by atoms with Crippen LogP contribution in [-0.4, -0.2) is 5.75 Å². The van der Waals surface area contributed by atoms with E-state index in [9.17, 15) is 0 Å². The maximum atomic E-state index is 3.49. The summed E-state index contributed by atoms with van der Waals surface area (Å²) in [7, 11) is 0. The standard InChI is InChI=1S/C11H15BrS2/c12-10-5-11(14-7-10)8-13-6-9-3-1-2-4-9/h5,7,9H,1-4,6,8H2. The Balaban J connectivity index is 1.67. The van der Waals surface area contributed by atoms with E-state index in [2.05, 4.69) is 39.1 Å². The number of hydrogen-bond donors (Lipinski definition) is 0. The van der Waals surface area contributed by atoms with E-state index in [1.165, 1.54) is 46.5 Å². The first-order valence-electron chi connectivity index (χ1n) is 5.15. The van der Waals surface area contributed by atoms with Gasteiger partial charge in [0.2, 0.25) is 0 Å². The van der Waals surface area contributed by atoms with E-state index < -0.39 is 0 Å². The Hall–Kier alpha value is 0.530. The van der Waals surface area contributed by atoms with Crippen LogP contribution in [0.1, 0.15) is 30.6 Å². The first-order chi connectivity index (χ1) is 6.84. The lowest BCUT2D eigenvalue weighted by molar-refractivity contribution is 0.623. The molecule has 0 atom stereocenters. The fraction of sp³-hybridized carbons (Fsp3) is 0.636. The summed E-state index contributed by atoms with van der Waals surface area (Å²) >= 11 is 7.46. The lowest BCUT2D eigenvalue weighted by Crippen LogP contribution is -1.96. The van der Waals surface area contributed by atoms with Crippen LogP contribution in [0.5, 0.6) is 0 Å². The third-order valence-corrected chi connectivity index (χ3v) is 5.80. The first kappa shape index (κ1) is 11.0. The van der Waals surface area contributed by atoms with Gasteiger partial charge in [0, 0.05) is 20.5 Å². The lowest BCUT2D eigenvalue weighted by atomic mass is 10.1. The highest BCUT2D eigenvalue weighted by molar-refractivity contribution is 9.10. The zero-order valence-electron chi connectivity index (χ0n) is 8.17. The molecule has 78 valence electrons. The Morgan fingerprint density at radius 3 is 2.86 bits per heavy atom. The van der Waals surface area contributed by atoms with Gasteiger partial charge in [-0.1, -0.05) is 12.8 Å². The molecule has 0 saturated heterocycles. The van der Waals surface area contributed by atoms with Gasteiger partial charge in [0.25, 0.3) is 0 Å².